The maximum Gasteiger partial charge on any atom is 0.413 e. The first-order valence-corrected chi connectivity index (χ1v) is 9.09. The Morgan fingerprint density at radius 3 is 2.43 bits per heavy atom. The molecule has 28 heavy (non-hydrogen) atoms. The summed E-state index contributed by atoms with van der Waals surface area (Å²) in [7, 11) is 0. The minimum Gasteiger partial charge on any atom is -0.452 e. The number of carbonyl (C=O) groups is 3. The minimum atomic E-state index is -0.944. The first kappa shape index (κ1) is 21.1. The highest BCUT2D eigenvalue weighted by Crippen LogP contribution is 2.31. The first-order chi connectivity index (χ1) is 13.4. The van der Waals surface area contributed by atoms with E-state index in [1.807, 2.05) is 10.2 Å². The average Bonchev–Trinajstić information content (AvgIpc) is 2.95. The molecule has 2 rings (SSSR count). The second-order valence-electron chi connectivity index (χ2n) is 6.21. The molecule has 1 N–H and O–H groups in total. The van der Waals surface area contributed by atoms with Gasteiger partial charge in [0, 0.05) is 19.2 Å². The number of hydrogen-bond acceptors (Lipinski definition) is 8. The van der Waals surface area contributed by atoms with Crippen LogP contribution in [-0.2, 0) is 14.3 Å². The van der Waals surface area contributed by atoms with Crippen molar-refractivity contribution < 1.29 is 28.8 Å². The fraction of sp³-hybridized carbons (Fsp3) is 0.500. The second kappa shape index (κ2) is 10.2. The van der Waals surface area contributed by atoms with Crippen LogP contribution in [0, 0.1) is 10.1 Å². The van der Waals surface area contributed by atoms with Crippen molar-refractivity contribution in [1.82, 2.24) is 5.32 Å². The molecule has 152 valence electrons. The van der Waals surface area contributed by atoms with Crippen LogP contribution in [0.2, 0.25) is 0 Å². The number of hydrogen-bond donors (Lipinski definition) is 1. The Hall–Kier alpha value is -3.17. The van der Waals surface area contributed by atoms with Crippen LogP contribution in [0.4, 0.5) is 16.2 Å². The van der Waals surface area contributed by atoms with E-state index in [1.54, 1.807) is 6.92 Å². The lowest BCUT2D eigenvalue weighted by atomic mass is 10.1. The lowest BCUT2D eigenvalue weighted by molar-refractivity contribution is -0.384. The summed E-state index contributed by atoms with van der Waals surface area (Å²) in [4.78, 5) is 47.7. The molecular weight excluding hydrogens is 370 g/mol. The Morgan fingerprint density at radius 2 is 1.82 bits per heavy atom. The molecular formula is C18H23N3O7. The molecule has 0 unspecified atom stereocenters. The third-order valence-corrected chi connectivity index (χ3v) is 4.21. The average molecular weight is 393 g/mol. The Kier molecular flexibility index (Phi) is 7.73. The quantitative estimate of drug-likeness (QED) is 0.443. The largest absolute Gasteiger partial charge is 0.452 e. The van der Waals surface area contributed by atoms with E-state index in [4.69, 9.17) is 4.74 Å². The van der Waals surface area contributed by atoms with Crippen LogP contribution in [0.3, 0.4) is 0 Å². The maximum atomic E-state index is 12.1. The van der Waals surface area contributed by atoms with Crippen molar-refractivity contribution in [2.45, 2.75) is 32.6 Å². The monoisotopic (exact) mass is 393 g/mol. The Labute approximate surface area is 161 Å². The molecule has 0 aliphatic carbocycles. The molecule has 1 aromatic carbocycles. The van der Waals surface area contributed by atoms with E-state index < -0.39 is 29.5 Å². The highest BCUT2D eigenvalue weighted by Gasteiger charge is 2.23. The molecule has 1 aliphatic heterocycles. The fourth-order valence-electron chi connectivity index (χ4n) is 2.91. The summed E-state index contributed by atoms with van der Waals surface area (Å²) < 4.78 is 9.35. The number of nitro groups is 1. The van der Waals surface area contributed by atoms with E-state index in [0.717, 1.165) is 44.8 Å². The van der Waals surface area contributed by atoms with Crippen molar-refractivity contribution in [3.63, 3.8) is 0 Å². The summed E-state index contributed by atoms with van der Waals surface area (Å²) in [5.74, 6) is -1.76. The highest BCUT2D eigenvalue weighted by atomic mass is 16.6. The minimum absolute atomic E-state index is 0.0470. The number of amides is 2. The Balaban J connectivity index is 2.05. The van der Waals surface area contributed by atoms with Crippen LogP contribution >= 0.6 is 0 Å². The number of esters is 1. The lowest BCUT2D eigenvalue weighted by Gasteiger charge is -2.22. The maximum absolute atomic E-state index is 12.1. The van der Waals surface area contributed by atoms with E-state index in [9.17, 15) is 24.5 Å². The van der Waals surface area contributed by atoms with E-state index in [1.165, 1.54) is 12.1 Å². The van der Waals surface area contributed by atoms with Gasteiger partial charge in [-0.2, -0.15) is 0 Å². The number of carbonyl (C=O) groups excluding carboxylic acids is 3. The topological polar surface area (TPSA) is 128 Å². The normalized spacial score (nSPS) is 14.0. The summed E-state index contributed by atoms with van der Waals surface area (Å²) in [6.07, 6.45) is 3.14. The van der Waals surface area contributed by atoms with E-state index in [2.05, 4.69) is 4.74 Å². The van der Waals surface area contributed by atoms with Gasteiger partial charge in [0.1, 0.15) is 5.69 Å². The van der Waals surface area contributed by atoms with Crippen LogP contribution < -0.4 is 10.2 Å². The number of imide groups is 1. The van der Waals surface area contributed by atoms with Crippen LogP contribution in [-0.4, -0.2) is 49.2 Å². The van der Waals surface area contributed by atoms with Gasteiger partial charge < -0.3 is 14.4 Å². The number of nitro benzene ring substituents is 1. The molecule has 1 heterocycles. The second-order valence-corrected chi connectivity index (χ2v) is 6.21. The molecule has 0 radical (unpaired) electrons. The molecule has 0 bridgehead atoms. The molecule has 0 spiro atoms. The van der Waals surface area contributed by atoms with Gasteiger partial charge in [0.15, 0.2) is 6.61 Å². The summed E-state index contributed by atoms with van der Waals surface area (Å²) in [6.45, 7) is 2.40. The smallest absolute Gasteiger partial charge is 0.413 e. The summed E-state index contributed by atoms with van der Waals surface area (Å²) in [5.41, 5.74) is 0.227. The SMILES string of the molecule is CCOC(=O)NC(=O)COC(=O)c1ccc(N2CCCCCC2)c([N+](=O)[O-])c1. The van der Waals surface area contributed by atoms with E-state index in [-0.39, 0.29) is 17.9 Å². The van der Waals surface area contributed by atoms with Gasteiger partial charge in [-0.25, -0.2) is 9.59 Å². The van der Waals surface area contributed by atoms with E-state index in [0.29, 0.717) is 5.69 Å². The third kappa shape index (κ3) is 5.93. The Morgan fingerprint density at radius 1 is 1.14 bits per heavy atom. The van der Waals surface area contributed by atoms with Crippen molar-refractivity contribution in [1.29, 1.82) is 0 Å². The standard InChI is InChI=1S/C18H23N3O7/c1-2-27-18(24)19-16(22)12-28-17(23)13-7-8-14(15(11-13)21(25)26)20-9-5-3-4-6-10-20/h7-8,11H,2-6,9-10,12H2,1H3,(H,19,22,24). The van der Waals surface area contributed by atoms with Gasteiger partial charge in [0.05, 0.1) is 17.1 Å². The van der Waals surface area contributed by atoms with Gasteiger partial charge in [-0.15, -0.1) is 0 Å². The molecule has 1 fully saturated rings. The summed E-state index contributed by atoms with van der Waals surface area (Å²) in [5, 5.41) is 13.4. The molecule has 0 atom stereocenters. The Bertz CT molecular complexity index is 743. The number of nitrogens with zero attached hydrogens (tertiary/aromatic N) is 2. The molecule has 10 heteroatoms. The molecule has 1 aliphatic rings. The van der Waals surface area contributed by atoms with Gasteiger partial charge in [0.2, 0.25) is 0 Å². The molecule has 2 amide bonds. The molecule has 10 nitrogen and oxygen atoms in total. The summed E-state index contributed by atoms with van der Waals surface area (Å²) >= 11 is 0. The van der Waals surface area contributed by atoms with Crippen molar-refractivity contribution in [3.8, 4) is 0 Å². The number of alkyl carbamates (subject to hydrolysis) is 1. The third-order valence-electron chi connectivity index (χ3n) is 4.21. The van der Waals surface area contributed by atoms with Crippen molar-refractivity contribution >= 4 is 29.3 Å². The molecule has 1 aromatic rings. The van der Waals surface area contributed by atoms with Crippen LogP contribution in [0.1, 0.15) is 43.0 Å². The van der Waals surface area contributed by atoms with Gasteiger partial charge in [0.25, 0.3) is 11.6 Å². The van der Waals surface area contributed by atoms with Crippen molar-refractivity contribution in [3.05, 3.63) is 33.9 Å². The number of ether oxygens (including phenoxy) is 2. The molecule has 0 saturated carbocycles. The highest BCUT2D eigenvalue weighted by molar-refractivity contribution is 5.96. The van der Waals surface area contributed by atoms with Gasteiger partial charge in [-0.3, -0.25) is 20.2 Å². The van der Waals surface area contributed by atoms with Crippen LogP contribution in [0.5, 0.6) is 0 Å². The van der Waals surface area contributed by atoms with Crippen LogP contribution in [0.25, 0.3) is 0 Å². The van der Waals surface area contributed by atoms with Gasteiger partial charge in [-0.1, -0.05) is 12.8 Å². The lowest BCUT2D eigenvalue weighted by Crippen LogP contribution is -2.34. The van der Waals surface area contributed by atoms with Gasteiger partial charge in [-0.05, 0) is 31.9 Å². The number of nitrogens with one attached hydrogen (secondary N) is 1. The number of rotatable bonds is 6. The summed E-state index contributed by atoms with van der Waals surface area (Å²) in [6, 6.07) is 4.10. The first-order valence-electron chi connectivity index (χ1n) is 9.09. The zero-order valence-corrected chi connectivity index (χ0v) is 15.6. The molecule has 1 saturated heterocycles. The zero-order chi connectivity index (χ0) is 20.5. The molecule has 0 aromatic heterocycles. The fourth-order valence-corrected chi connectivity index (χ4v) is 2.91. The van der Waals surface area contributed by atoms with Crippen molar-refractivity contribution in [2.24, 2.45) is 0 Å². The predicted octanol–water partition coefficient (Wildman–Crippen LogP) is 2.40. The number of benzene rings is 1. The van der Waals surface area contributed by atoms with Crippen molar-refractivity contribution in [2.75, 3.05) is 31.2 Å². The van der Waals surface area contributed by atoms with Gasteiger partial charge >= 0.3 is 12.1 Å². The zero-order valence-electron chi connectivity index (χ0n) is 15.6. The van der Waals surface area contributed by atoms with Crippen LogP contribution in [0.15, 0.2) is 18.2 Å². The predicted molar refractivity (Wildman–Crippen MR) is 99.2 cm³/mol. The van der Waals surface area contributed by atoms with E-state index >= 15 is 0 Å². The number of anilines is 1.